The number of ether oxygens (including phenoxy) is 1. The number of fused-ring (bicyclic) bond motifs is 1. The Hall–Kier alpha value is -1.52. The molecule has 0 aliphatic heterocycles. The van der Waals surface area contributed by atoms with Gasteiger partial charge in [0.2, 0.25) is 0 Å². The predicted molar refractivity (Wildman–Crippen MR) is 62.9 cm³/mol. The fourth-order valence-corrected chi connectivity index (χ4v) is 4.34. The first kappa shape index (κ1) is 11.6. The van der Waals surface area contributed by atoms with E-state index in [1.165, 1.54) is 6.08 Å². The van der Waals surface area contributed by atoms with Gasteiger partial charge >= 0.3 is 12.1 Å². The van der Waals surface area contributed by atoms with Crippen molar-refractivity contribution in [2.45, 2.75) is 25.3 Å². The first-order chi connectivity index (χ1) is 8.62. The second-order valence-electron chi connectivity index (χ2n) is 5.53. The van der Waals surface area contributed by atoms with Crippen molar-refractivity contribution in [3.05, 3.63) is 12.7 Å². The number of hydrogen-bond acceptors (Lipinski definition) is 3. The summed E-state index contributed by atoms with van der Waals surface area (Å²) in [4.78, 5) is 23.1. The monoisotopic (exact) mass is 251 g/mol. The molecule has 4 bridgehead atoms. The van der Waals surface area contributed by atoms with E-state index in [2.05, 4.69) is 11.9 Å². The Balaban J connectivity index is 1.74. The minimum absolute atomic E-state index is 0.149. The number of carbonyl (C=O) groups excluding carboxylic acids is 1. The van der Waals surface area contributed by atoms with Gasteiger partial charge in [0.25, 0.3) is 0 Å². The Morgan fingerprint density at radius 1 is 1.44 bits per heavy atom. The highest BCUT2D eigenvalue weighted by Crippen LogP contribution is 2.75. The molecule has 5 heteroatoms. The average Bonchev–Trinajstić information content (AvgIpc) is 2.95. The van der Waals surface area contributed by atoms with E-state index >= 15 is 0 Å². The Morgan fingerprint density at radius 2 is 2.22 bits per heavy atom. The molecule has 2 N–H and O–H groups in total. The number of rotatable bonds is 4. The van der Waals surface area contributed by atoms with Crippen molar-refractivity contribution in [3.63, 3.8) is 0 Å². The first-order valence-electron chi connectivity index (χ1n) is 6.40. The second-order valence-corrected chi connectivity index (χ2v) is 5.53. The van der Waals surface area contributed by atoms with Gasteiger partial charge in [-0.15, -0.1) is 0 Å². The second kappa shape index (κ2) is 3.73. The number of nitrogens with one attached hydrogen (secondary N) is 1. The lowest BCUT2D eigenvalue weighted by atomic mass is 9.77. The molecule has 4 fully saturated rings. The summed E-state index contributed by atoms with van der Waals surface area (Å²) in [5, 5.41) is 12.3. The molecule has 4 aliphatic rings. The van der Waals surface area contributed by atoms with Gasteiger partial charge in [0.05, 0.1) is 11.5 Å². The molecule has 0 spiro atoms. The minimum atomic E-state index is -0.756. The van der Waals surface area contributed by atoms with Crippen LogP contribution in [0.1, 0.15) is 19.3 Å². The van der Waals surface area contributed by atoms with Crippen LogP contribution in [-0.2, 0) is 9.53 Å². The number of amides is 1. The van der Waals surface area contributed by atoms with Gasteiger partial charge in [0.1, 0.15) is 6.61 Å². The normalized spacial score (nSPS) is 43.1. The molecule has 5 nitrogen and oxygen atoms in total. The molecule has 98 valence electrons. The maximum Gasteiger partial charge on any atom is 0.407 e. The largest absolute Gasteiger partial charge is 0.481 e. The van der Waals surface area contributed by atoms with Crippen LogP contribution in [0.25, 0.3) is 0 Å². The van der Waals surface area contributed by atoms with E-state index < -0.39 is 17.5 Å². The summed E-state index contributed by atoms with van der Waals surface area (Å²) in [5.41, 5.74) is -0.698. The quantitative estimate of drug-likeness (QED) is 0.740. The molecule has 4 rings (SSSR count). The van der Waals surface area contributed by atoms with Gasteiger partial charge < -0.3 is 15.2 Å². The van der Waals surface area contributed by atoms with Crippen LogP contribution in [0.4, 0.5) is 4.79 Å². The van der Waals surface area contributed by atoms with Crippen molar-refractivity contribution in [2.75, 3.05) is 6.61 Å². The van der Waals surface area contributed by atoms with Gasteiger partial charge in [0.15, 0.2) is 0 Å². The zero-order valence-corrected chi connectivity index (χ0v) is 10.1. The zero-order valence-electron chi connectivity index (χ0n) is 10.1. The zero-order chi connectivity index (χ0) is 12.9. The Kier molecular flexibility index (Phi) is 2.40. The topological polar surface area (TPSA) is 75.6 Å². The molecule has 0 radical (unpaired) electrons. The molecule has 0 aromatic carbocycles. The van der Waals surface area contributed by atoms with E-state index in [1.807, 2.05) is 0 Å². The van der Waals surface area contributed by atoms with E-state index in [-0.39, 0.29) is 24.5 Å². The third-order valence-corrected chi connectivity index (χ3v) is 4.97. The highest BCUT2D eigenvalue weighted by molar-refractivity contribution is 5.83. The van der Waals surface area contributed by atoms with E-state index in [0.717, 1.165) is 19.3 Å². The first-order valence-corrected chi connectivity index (χ1v) is 6.40. The summed E-state index contributed by atoms with van der Waals surface area (Å²) in [6, 6.07) is -0.254. The molecule has 4 aliphatic carbocycles. The van der Waals surface area contributed by atoms with E-state index in [1.54, 1.807) is 0 Å². The van der Waals surface area contributed by atoms with Crippen molar-refractivity contribution in [2.24, 2.45) is 23.2 Å². The lowest BCUT2D eigenvalue weighted by Gasteiger charge is -2.33. The summed E-state index contributed by atoms with van der Waals surface area (Å²) >= 11 is 0. The highest BCUT2D eigenvalue weighted by Gasteiger charge is 2.80. The van der Waals surface area contributed by atoms with Crippen LogP contribution in [0, 0.1) is 23.2 Å². The molecule has 4 saturated carbocycles. The number of carboxylic acid groups (broad SMARTS) is 1. The number of carboxylic acids is 1. The van der Waals surface area contributed by atoms with E-state index in [9.17, 15) is 14.7 Å². The molecule has 5 atom stereocenters. The van der Waals surface area contributed by atoms with Crippen LogP contribution in [0.15, 0.2) is 12.7 Å². The summed E-state index contributed by atoms with van der Waals surface area (Å²) < 4.78 is 4.89. The number of carbonyl (C=O) groups is 2. The van der Waals surface area contributed by atoms with Crippen LogP contribution in [0.2, 0.25) is 0 Å². The molecular weight excluding hydrogens is 234 g/mol. The molecule has 1 amide bonds. The van der Waals surface area contributed by atoms with Gasteiger partial charge in [-0.2, -0.15) is 0 Å². The molecule has 0 aromatic heterocycles. The van der Waals surface area contributed by atoms with Crippen molar-refractivity contribution in [1.82, 2.24) is 5.32 Å². The maximum absolute atomic E-state index is 11.6. The molecule has 0 saturated heterocycles. The standard InChI is InChI=1S/C13H17NO4/c1-2-5-18-12(17)14-10-7-3-4-8-9(6-7)13(8,10)11(15)16/h2,7-10H,1,3-6H2,(H,14,17)(H,15,16). The minimum Gasteiger partial charge on any atom is -0.481 e. The fourth-order valence-electron chi connectivity index (χ4n) is 4.34. The Labute approximate surface area is 105 Å². The van der Waals surface area contributed by atoms with Crippen LogP contribution < -0.4 is 5.32 Å². The highest BCUT2D eigenvalue weighted by atomic mass is 16.5. The Bertz CT molecular complexity index is 415. The van der Waals surface area contributed by atoms with Gasteiger partial charge in [-0.25, -0.2) is 4.79 Å². The number of hydrogen-bond donors (Lipinski definition) is 2. The van der Waals surface area contributed by atoms with Crippen molar-refractivity contribution >= 4 is 12.1 Å². The average molecular weight is 251 g/mol. The Morgan fingerprint density at radius 3 is 2.83 bits per heavy atom. The van der Waals surface area contributed by atoms with E-state index in [0.29, 0.717) is 5.92 Å². The molecule has 0 heterocycles. The van der Waals surface area contributed by atoms with Crippen LogP contribution in [-0.4, -0.2) is 29.8 Å². The third-order valence-electron chi connectivity index (χ3n) is 4.97. The maximum atomic E-state index is 11.6. The number of alkyl carbamates (subject to hydrolysis) is 1. The lowest BCUT2D eigenvalue weighted by molar-refractivity contribution is -0.146. The van der Waals surface area contributed by atoms with Crippen molar-refractivity contribution in [3.8, 4) is 0 Å². The number of aliphatic carboxylic acids is 1. The lowest BCUT2D eigenvalue weighted by Crippen LogP contribution is -2.50. The van der Waals surface area contributed by atoms with Gasteiger partial charge in [-0.05, 0) is 37.0 Å². The summed E-state index contributed by atoms with van der Waals surface area (Å²) in [6.45, 7) is 3.62. The van der Waals surface area contributed by atoms with Gasteiger partial charge in [-0.1, -0.05) is 12.7 Å². The van der Waals surface area contributed by atoms with Crippen LogP contribution in [0.3, 0.4) is 0 Å². The third kappa shape index (κ3) is 1.27. The van der Waals surface area contributed by atoms with E-state index in [4.69, 9.17) is 4.74 Å². The van der Waals surface area contributed by atoms with Crippen LogP contribution in [0.5, 0.6) is 0 Å². The molecule has 18 heavy (non-hydrogen) atoms. The fraction of sp³-hybridized carbons (Fsp3) is 0.692. The summed E-state index contributed by atoms with van der Waals surface area (Å²) in [6.07, 6.45) is 3.90. The smallest absolute Gasteiger partial charge is 0.407 e. The van der Waals surface area contributed by atoms with Crippen molar-refractivity contribution < 1.29 is 19.4 Å². The molecular formula is C13H17NO4. The van der Waals surface area contributed by atoms with Gasteiger partial charge in [-0.3, -0.25) is 4.79 Å². The molecule has 0 aromatic rings. The van der Waals surface area contributed by atoms with Crippen molar-refractivity contribution in [1.29, 1.82) is 0 Å². The SMILES string of the molecule is C=CCOC(=O)NC1C2CCC3C(C2)C31C(=O)O. The predicted octanol–water partition coefficient (Wildman–Crippen LogP) is 1.40. The summed E-state index contributed by atoms with van der Waals surface area (Å²) in [7, 11) is 0. The van der Waals surface area contributed by atoms with Gasteiger partial charge in [0, 0.05) is 0 Å². The summed E-state index contributed by atoms with van der Waals surface area (Å²) in [5.74, 6) is 0.0595. The van der Waals surface area contributed by atoms with Crippen LogP contribution >= 0.6 is 0 Å². The molecule has 5 unspecified atom stereocenters.